The number of rotatable bonds is 4. The van der Waals surface area contributed by atoms with E-state index >= 15 is 0 Å². The van der Waals surface area contributed by atoms with Gasteiger partial charge >= 0.3 is 0 Å². The van der Waals surface area contributed by atoms with Gasteiger partial charge in [-0.3, -0.25) is 0 Å². The minimum Gasteiger partial charge on any atom is -0.224 e. The summed E-state index contributed by atoms with van der Waals surface area (Å²) in [4.78, 5) is 0.341. The largest absolute Gasteiger partial charge is 0.224 e. The molecule has 0 N–H and O–H groups in total. The third-order valence-electron chi connectivity index (χ3n) is 2.54. The van der Waals surface area contributed by atoms with Gasteiger partial charge in [0.2, 0.25) is 0 Å². The number of hydrogen-bond acceptors (Lipinski definition) is 3. The zero-order chi connectivity index (χ0) is 12.2. The van der Waals surface area contributed by atoms with E-state index in [1.807, 2.05) is 13.0 Å². The van der Waals surface area contributed by atoms with Crippen LogP contribution in [0.15, 0.2) is 29.2 Å². The summed E-state index contributed by atoms with van der Waals surface area (Å²) >= 11 is 0. The molecule has 3 nitrogen and oxygen atoms in total. The predicted octanol–water partition coefficient (Wildman–Crippen LogP) is 2.50. The number of nitriles is 1. The van der Waals surface area contributed by atoms with Crippen LogP contribution in [0.25, 0.3) is 0 Å². The fourth-order valence-electron chi connectivity index (χ4n) is 1.50. The smallest absolute Gasteiger partial charge is 0.175 e. The maximum Gasteiger partial charge on any atom is 0.175 e. The molecule has 86 valence electrons. The molecule has 0 heterocycles. The Hall–Kier alpha value is -1.34. The van der Waals surface area contributed by atoms with Crippen LogP contribution in [0.5, 0.6) is 0 Å². The van der Waals surface area contributed by atoms with E-state index in [-0.39, 0.29) is 5.92 Å². The molecule has 0 radical (unpaired) electrons. The van der Waals surface area contributed by atoms with Crippen molar-refractivity contribution in [3.8, 4) is 6.07 Å². The first-order valence-electron chi connectivity index (χ1n) is 5.12. The van der Waals surface area contributed by atoms with Gasteiger partial charge in [0.05, 0.1) is 11.0 Å². The number of hydrogen-bond donors (Lipinski definition) is 0. The van der Waals surface area contributed by atoms with Crippen molar-refractivity contribution in [2.75, 3.05) is 6.26 Å². The maximum atomic E-state index is 11.4. The summed E-state index contributed by atoms with van der Waals surface area (Å²) in [5, 5.41) is 8.50. The first-order valence-corrected chi connectivity index (χ1v) is 7.01. The monoisotopic (exact) mass is 237 g/mol. The SMILES string of the molecule is CC(CCC#N)c1cccc(S(C)(=O)=O)c1. The standard InChI is InChI=1S/C12H15NO2S/c1-10(5-4-8-13)11-6-3-7-12(9-11)16(2,14)15/h3,6-7,9-10H,4-5H2,1-2H3. The van der Waals surface area contributed by atoms with Crippen LogP contribution in [0, 0.1) is 11.3 Å². The Kier molecular flexibility index (Phi) is 4.08. The van der Waals surface area contributed by atoms with E-state index in [9.17, 15) is 8.42 Å². The lowest BCUT2D eigenvalue weighted by atomic mass is 9.97. The summed E-state index contributed by atoms with van der Waals surface area (Å²) < 4.78 is 22.7. The molecule has 0 bridgehead atoms. The molecule has 0 amide bonds. The Labute approximate surface area is 96.6 Å². The third kappa shape index (κ3) is 3.35. The van der Waals surface area contributed by atoms with Gasteiger partial charge in [-0.05, 0) is 30.0 Å². The second kappa shape index (κ2) is 5.13. The van der Waals surface area contributed by atoms with Crippen molar-refractivity contribution < 1.29 is 8.42 Å². The Balaban J connectivity index is 2.96. The minimum atomic E-state index is -3.14. The first-order chi connectivity index (χ1) is 7.45. The van der Waals surface area contributed by atoms with E-state index in [0.29, 0.717) is 11.3 Å². The van der Waals surface area contributed by atoms with E-state index in [1.54, 1.807) is 18.2 Å². The van der Waals surface area contributed by atoms with E-state index in [1.165, 1.54) is 6.26 Å². The highest BCUT2D eigenvalue weighted by atomic mass is 32.2. The molecule has 0 saturated heterocycles. The molecule has 0 aliphatic heterocycles. The van der Waals surface area contributed by atoms with Gasteiger partial charge in [0.25, 0.3) is 0 Å². The zero-order valence-corrected chi connectivity index (χ0v) is 10.3. The summed E-state index contributed by atoms with van der Waals surface area (Å²) in [5.41, 5.74) is 0.971. The number of nitrogens with zero attached hydrogens (tertiary/aromatic N) is 1. The van der Waals surface area contributed by atoms with E-state index in [2.05, 4.69) is 6.07 Å². The van der Waals surface area contributed by atoms with Gasteiger partial charge in [0.15, 0.2) is 9.84 Å². The van der Waals surface area contributed by atoms with Crippen molar-refractivity contribution in [1.29, 1.82) is 5.26 Å². The molecule has 1 aromatic rings. The predicted molar refractivity (Wildman–Crippen MR) is 62.8 cm³/mol. The second-order valence-electron chi connectivity index (χ2n) is 3.94. The molecule has 0 spiro atoms. The fourth-order valence-corrected chi connectivity index (χ4v) is 2.18. The molecular formula is C12H15NO2S. The van der Waals surface area contributed by atoms with Crippen molar-refractivity contribution in [2.24, 2.45) is 0 Å². The molecule has 1 rings (SSSR count). The fraction of sp³-hybridized carbons (Fsp3) is 0.417. The highest BCUT2D eigenvalue weighted by molar-refractivity contribution is 7.90. The molecule has 4 heteroatoms. The second-order valence-corrected chi connectivity index (χ2v) is 5.96. The van der Waals surface area contributed by atoms with Crippen molar-refractivity contribution in [2.45, 2.75) is 30.6 Å². The van der Waals surface area contributed by atoms with Crippen LogP contribution in [-0.2, 0) is 9.84 Å². The lowest BCUT2D eigenvalue weighted by Gasteiger charge is -2.10. The van der Waals surface area contributed by atoms with Gasteiger partial charge in [-0.2, -0.15) is 5.26 Å². The van der Waals surface area contributed by atoms with Crippen LogP contribution in [0.1, 0.15) is 31.2 Å². The van der Waals surface area contributed by atoms with E-state index in [4.69, 9.17) is 5.26 Å². The molecule has 0 fully saturated rings. The van der Waals surface area contributed by atoms with Crippen molar-refractivity contribution in [3.63, 3.8) is 0 Å². The normalized spacial score (nSPS) is 13.1. The Morgan fingerprint density at radius 2 is 2.12 bits per heavy atom. The molecule has 0 aromatic heterocycles. The topological polar surface area (TPSA) is 57.9 Å². The van der Waals surface area contributed by atoms with E-state index in [0.717, 1.165) is 12.0 Å². The summed E-state index contributed by atoms with van der Waals surface area (Å²) in [5.74, 6) is 0.210. The molecule has 0 saturated carbocycles. The number of benzene rings is 1. The molecule has 1 atom stereocenters. The van der Waals surface area contributed by atoms with Crippen molar-refractivity contribution in [1.82, 2.24) is 0 Å². The number of sulfone groups is 1. The molecule has 0 aliphatic rings. The van der Waals surface area contributed by atoms with Gasteiger partial charge in [0.1, 0.15) is 0 Å². The van der Waals surface area contributed by atoms with Crippen LogP contribution in [0.2, 0.25) is 0 Å². The average Bonchev–Trinajstić information content (AvgIpc) is 2.25. The Morgan fingerprint density at radius 3 is 2.69 bits per heavy atom. The van der Waals surface area contributed by atoms with Gasteiger partial charge in [-0.25, -0.2) is 8.42 Å². The van der Waals surface area contributed by atoms with Crippen LogP contribution in [0.3, 0.4) is 0 Å². The summed E-state index contributed by atoms with van der Waals surface area (Å²) in [6.07, 6.45) is 2.44. The highest BCUT2D eigenvalue weighted by Gasteiger charge is 2.10. The lowest BCUT2D eigenvalue weighted by molar-refractivity contribution is 0.601. The average molecular weight is 237 g/mol. The van der Waals surface area contributed by atoms with E-state index < -0.39 is 9.84 Å². The zero-order valence-electron chi connectivity index (χ0n) is 9.47. The Bertz CT molecular complexity index is 500. The molecule has 16 heavy (non-hydrogen) atoms. The molecule has 1 aromatic carbocycles. The van der Waals surface area contributed by atoms with Gasteiger partial charge in [0, 0.05) is 12.7 Å². The molecule has 1 unspecified atom stereocenters. The van der Waals surface area contributed by atoms with Gasteiger partial charge < -0.3 is 0 Å². The summed E-state index contributed by atoms with van der Waals surface area (Å²) in [6.45, 7) is 2.00. The highest BCUT2D eigenvalue weighted by Crippen LogP contribution is 2.22. The quantitative estimate of drug-likeness (QED) is 0.808. The molecular weight excluding hydrogens is 222 g/mol. The molecule has 0 aliphatic carbocycles. The summed E-state index contributed by atoms with van der Waals surface area (Å²) in [6, 6.07) is 9.02. The van der Waals surface area contributed by atoms with Crippen LogP contribution in [-0.4, -0.2) is 14.7 Å². The van der Waals surface area contributed by atoms with Crippen LogP contribution >= 0.6 is 0 Å². The van der Waals surface area contributed by atoms with Gasteiger partial charge in [-0.1, -0.05) is 19.1 Å². The minimum absolute atomic E-state index is 0.210. The van der Waals surface area contributed by atoms with Crippen molar-refractivity contribution in [3.05, 3.63) is 29.8 Å². The van der Waals surface area contributed by atoms with Crippen LogP contribution < -0.4 is 0 Å². The van der Waals surface area contributed by atoms with Gasteiger partial charge in [-0.15, -0.1) is 0 Å². The Morgan fingerprint density at radius 1 is 1.44 bits per heavy atom. The lowest BCUT2D eigenvalue weighted by Crippen LogP contribution is -2.00. The maximum absolute atomic E-state index is 11.4. The van der Waals surface area contributed by atoms with Crippen LogP contribution in [0.4, 0.5) is 0 Å². The first kappa shape index (κ1) is 12.7. The summed E-state index contributed by atoms with van der Waals surface area (Å²) in [7, 11) is -3.14. The third-order valence-corrected chi connectivity index (χ3v) is 3.65. The van der Waals surface area contributed by atoms with Crippen molar-refractivity contribution >= 4 is 9.84 Å².